The average Bonchev–Trinajstić information content (AvgIpc) is 3.15. The summed E-state index contributed by atoms with van der Waals surface area (Å²) in [5.74, 6) is 1.07. The van der Waals surface area contributed by atoms with E-state index in [9.17, 15) is 19.2 Å². The molecular formula is C39H54N8O6. The molecule has 5 aliphatic heterocycles. The van der Waals surface area contributed by atoms with Gasteiger partial charge in [0.05, 0.1) is 25.6 Å². The molecule has 2 amide bonds. The molecule has 2 aromatic rings. The molecular weight excluding hydrogens is 676 g/mol. The number of hydroxylamine groups is 1. The second-order valence-corrected chi connectivity index (χ2v) is 15.5. The van der Waals surface area contributed by atoms with E-state index in [0.29, 0.717) is 71.1 Å². The Morgan fingerprint density at radius 3 is 2.38 bits per heavy atom. The zero-order chi connectivity index (χ0) is 36.7. The molecule has 14 nitrogen and oxygen atoms in total. The molecule has 5 aliphatic rings. The van der Waals surface area contributed by atoms with Crippen LogP contribution in [0.2, 0.25) is 0 Å². The number of nitrogens with one attached hydrogen (secondary N) is 2. The van der Waals surface area contributed by atoms with E-state index in [2.05, 4.69) is 39.8 Å². The molecule has 14 heteroatoms. The predicted octanol–water partition coefficient (Wildman–Crippen LogP) is 2.30. The van der Waals surface area contributed by atoms with Crippen LogP contribution in [0.3, 0.4) is 0 Å². The number of aryl methyl sites for hydroxylation is 3. The fourth-order valence-electron chi connectivity index (χ4n) is 8.43. The normalized spacial score (nSPS) is 20.2. The number of carbonyl (C=O) groups excluding carboxylic acids is 3. The van der Waals surface area contributed by atoms with Crippen molar-refractivity contribution in [2.45, 2.75) is 70.6 Å². The van der Waals surface area contributed by atoms with Gasteiger partial charge in [0, 0.05) is 56.6 Å². The molecule has 7 rings (SSSR count). The maximum atomic E-state index is 13.1. The summed E-state index contributed by atoms with van der Waals surface area (Å²) in [7, 11) is 0. The van der Waals surface area contributed by atoms with Crippen LogP contribution in [-0.2, 0) is 49.7 Å². The SMILES string of the molecule is O=C(O)CN1CC(C(=O)N2CCC(Cc3ccc4c(n3)N(OC(=O)CN3CCC(C(=O)NCCCc5ccc6c(n5)NCCC6)CC3)CCC4)CC2)C1. The third kappa shape index (κ3) is 9.63. The molecule has 0 radical (unpaired) electrons. The maximum Gasteiger partial charge on any atom is 0.346 e. The van der Waals surface area contributed by atoms with Gasteiger partial charge in [0.1, 0.15) is 5.82 Å². The van der Waals surface area contributed by atoms with Crippen molar-refractivity contribution in [3.05, 3.63) is 46.8 Å². The van der Waals surface area contributed by atoms with Crippen molar-refractivity contribution < 1.29 is 29.1 Å². The van der Waals surface area contributed by atoms with Gasteiger partial charge in [0.2, 0.25) is 11.8 Å². The molecule has 0 aliphatic carbocycles. The predicted molar refractivity (Wildman–Crippen MR) is 198 cm³/mol. The number of anilines is 2. The fraction of sp³-hybridized carbons (Fsp3) is 0.641. The number of aromatic nitrogens is 2. The van der Waals surface area contributed by atoms with E-state index in [4.69, 9.17) is 19.9 Å². The van der Waals surface area contributed by atoms with Crippen molar-refractivity contribution in [3.8, 4) is 0 Å². The number of carboxylic acids is 1. The minimum atomic E-state index is -0.858. The van der Waals surface area contributed by atoms with Crippen molar-refractivity contribution in [2.24, 2.45) is 17.8 Å². The lowest BCUT2D eigenvalue weighted by molar-refractivity contribution is -0.148. The van der Waals surface area contributed by atoms with Crippen LogP contribution < -0.4 is 15.7 Å². The van der Waals surface area contributed by atoms with E-state index < -0.39 is 5.97 Å². The zero-order valence-electron chi connectivity index (χ0n) is 30.8. The third-order valence-electron chi connectivity index (χ3n) is 11.5. The van der Waals surface area contributed by atoms with Gasteiger partial charge < -0.3 is 25.5 Å². The largest absolute Gasteiger partial charge is 0.480 e. The smallest absolute Gasteiger partial charge is 0.346 e. The Hall–Kier alpha value is -4.30. The fourth-order valence-corrected chi connectivity index (χ4v) is 8.43. The Kier molecular flexibility index (Phi) is 12.0. The summed E-state index contributed by atoms with van der Waals surface area (Å²) < 4.78 is 0. The molecule has 0 spiro atoms. The summed E-state index contributed by atoms with van der Waals surface area (Å²) in [5, 5.41) is 17.1. The molecule has 3 N–H and O–H groups in total. The van der Waals surface area contributed by atoms with Gasteiger partial charge in [0.15, 0.2) is 5.82 Å². The second kappa shape index (κ2) is 17.2. The Morgan fingerprint density at radius 2 is 1.58 bits per heavy atom. The highest BCUT2D eigenvalue weighted by molar-refractivity contribution is 5.81. The van der Waals surface area contributed by atoms with Crippen LogP contribution in [-0.4, -0.2) is 126 Å². The molecule has 2 aromatic heterocycles. The number of pyridine rings is 2. The highest BCUT2D eigenvalue weighted by atomic mass is 16.7. The minimum Gasteiger partial charge on any atom is -0.480 e. The van der Waals surface area contributed by atoms with Gasteiger partial charge in [-0.3, -0.25) is 24.2 Å². The molecule has 3 saturated heterocycles. The second-order valence-electron chi connectivity index (χ2n) is 15.5. The van der Waals surface area contributed by atoms with Crippen molar-refractivity contribution in [2.75, 3.05) is 82.4 Å². The molecule has 3 fully saturated rings. The van der Waals surface area contributed by atoms with Gasteiger partial charge >= 0.3 is 11.9 Å². The summed E-state index contributed by atoms with van der Waals surface area (Å²) in [6.07, 6.45) is 9.71. The Morgan fingerprint density at radius 1 is 0.830 bits per heavy atom. The van der Waals surface area contributed by atoms with Crippen molar-refractivity contribution >= 4 is 35.4 Å². The van der Waals surface area contributed by atoms with Crippen LogP contribution in [0.15, 0.2) is 24.3 Å². The van der Waals surface area contributed by atoms with Crippen LogP contribution in [0.5, 0.6) is 0 Å². The van der Waals surface area contributed by atoms with Gasteiger partial charge in [-0.1, -0.05) is 12.1 Å². The number of hydrogen-bond acceptors (Lipinski definition) is 11. The van der Waals surface area contributed by atoms with E-state index in [1.807, 2.05) is 4.90 Å². The Balaban J connectivity index is 0.805. The van der Waals surface area contributed by atoms with Gasteiger partial charge in [-0.05, 0) is 113 Å². The lowest BCUT2D eigenvalue weighted by Crippen LogP contribution is -2.56. The minimum absolute atomic E-state index is 0.00849. The third-order valence-corrected chi connectivity index (χ3v) is 11.5. The van der Waals surface area contributed by atoms with E-state index in [0.717, 1.165) is 92.9 Å². The number of fused-ring (bicyclic) bond motifs is 2. The number of carboxylic acid groups (broad SMARTS) is 1. The highest BCUT2D eigenvalue weighted by Gasteiger charge is 2.37. The number of likely N-dealkylation sites (tertiary alicyclic amines) is 3. The molecule has 7 heterocycles. The van der Waals surface area contributed by atoms with E-state index in [-0.39, 0.29) is 42.7 Å². The number of carbonyl (C=O) groups is 4. The number of amides is 2. The lowest BCUT2D eigenvalue weighted by Gasteiger charge is -2.41. The summed E-state index contributed by atoms with van der Waals surface area (Å²) in [6.45, 7) is 6.19. The summed E-state index contributed by atoms with van der Waals surface area (Å²) in [6, 6.07) is 8.46. The monoisotopic (exact) mass is 730 g/mol. The number of nitrogens with zero attached hydrogens (tertiary/aromatic N) is 6. The van der Waals surface area contributed by atoms with E-state index >= 15 is 0 Å². The topological polar surface area (TPSA) is 161 Å². The Labute approximate surface area is 311 Å². The lowest BCUT2D eigenvalue weighted by atomic mass is 9.90. The first-order valence-corrected chi connectivity index (χ1v) is 19.7. The number of aliphatic carboxylic acids is 1. The molecule has 0 unspecified atom stereocenters. The average molecular weight is 731 g/mol. The van der Waals surface area contributed by atoms with Crippen molar-refractivity contribution in [1.29, 1.82) is 0 Å². The quantitative estimate of drug-likeness (QED) is 0.259. The van der Waals surface area contributed by atoms with E-state index in [1.54, 1.807) is 9.96 Å². The van der Waals surface area contributed by atoms with Crippen LogP contribution in [0, 0.1) is 17.8 Å². The van der Waals surface area contributed by atoms with Crippen molar-refractivity contribution in [3.63, 3.8) is 0 Å². The molecule has 0 saturated carbocycles. The molecule has 0 bridgehead atoms. The molecule has 53 heavy (non-hydrogen) atoms. The van der Waals surface area contributed by atoms with Crippen LogP contribution >= 0.6 is 0 Å². The van der Waals surface area contributed by atoms with Gasteiger partial charge in [-0.25, -0.2) is 14.8 Å². The van der Waals surface area contributed by atoms with Crippen LogP contribution in [0.25, 0.3) is 0 Å². The number of rotatable bonds is 13. The highest BCUT2D eigenvalue weighted by Crippen LogP contribution is 2.29. The first kappa shape index (κ1) is 37.0. The number of hydrogen-bond donors (Lipinski definition) is 3. The summed E-state index contributed by atoms with van der Waals surface area (Å²) in [4.78, 5) is 71.2. The Bertz CT molecular complexity index is 1630. The van der Waals surface area contributed by atoms with Gasteiger partial charge in [0.25, 0.3) is 0 Å². The number of piperidine rings is 2. The standard InChI is InChI=1S/C39H54N8O6/c48-34(49)25-45-23-31(24-45)39(52)46-20-11-27(12-21-46)22-33-10-8-29-5-3-17-47(37(29)43-33)53-35(50)26-44-18-13-30(14-19-44)38(51)41-16-2-6-32-9-7-28-4-1-15-40-36(28)42-32/h7-10,27,30-31H,1-6,11-26H2,(H,40,42)(H,41,51)(H,48,49). The van der Waals surface area contributed by atoms with Gasteiger partial charge in [-0.2, -0.15) is 5.06 Å². The molecule has 0 atom stereocenters. The zero-order valence-corrected chi connectivity index (χ0v) is 30.8. The summed E-state index contributed by atoms with van der Waals surface area (Å²) in [5.41, 5.74) is 4.38. The molecule has 286 valence electrons. The summed E-state index contributed by atoms with van der Waals surface area (Å²) >= 11 is 0. The van der Waals surface area contributed by atoms with E-state index in [1.165, 1.54) is 5.56 Å². The first-order valence-electron chi connectivity index (χ1n) is 19.7. The molecule has 0 aromatic carbocycles. The maximum absolute atomic E-state index is 13.1. The van der Waals surface area contributed by atoms with Crippen LogP contribution in [0.4, 0.5) is 11.6 Å². The first-order chi connectivity index (χ1) is 25.8. The van der Waals surface area contributed by atoms with Gasteiger partial charge in [-0.15, -0.1) is 0 Å². The van der Waals surface area contributed by atoms with Crippen LogP contribution in [0.1, 0.15) is 67.5 Å². The van der Waals surface area contributed by atoms with Crippen molar-refractivity contribution in [1.82, 2.24) is 30.0 Å².